The fraction of sp³-hybridized carbons (Fsp3) is 0.444. The van der Waals surface area contributed by atoms with Gasteiger partial charge in [0.1, 0.15) is 11.8 Å². The van der Waals surface area contributed by atoms with Crippen molar-refractivity contribution in [2.75, 3.05) is 39.4 Å². The van der Waals surface area contributed by atoms with Crippen molar-refractivity contribution in [1.82, 2.24) is 14.8 Å². The summed E-state index contributed by atoms with van der Waals surface area (Å²) in [5.41, 5.74) is 1.53. The van der Waals surface area contributed by atoms with Crippen LogP contribution in [0.15, 0.2) is 30.3 Å². The Bertz CT molecular complexity index is 740. The van der Waals surface area contributed by atoms with Crippen molar-refractivity contribution in [1.29, 1.82) is 0 Å². The van der Waals surface area contributed by atoms with Gasteiger partial charge in [0.2, 0.25) is 0 Å². The van der Waals surface area contributed by atoms with Crippen molar-refractivity contribution in [3.8, 4) is 0 Å². The Hall–Kier alpha value is -2.54. The first-order chi connectivity index (χ1) is 12.2. The van der Waals surface area contributed by atoms with Gasteiger partial charge in [0.25, 0.3) is 5.91 Å². The molecule has 2 saturated heterocycles. The van der Waals surface area contributed by atoms with Crippen LogP contribution in [-0.2, 0) is 9.47 Å². The van der Waals surface area contributed by atoms with Gasteiger partial charge >= 0.3 is 6.09 Å². The van der Waals surface area contributed by atoms with Gasteiger partial charge < -0.3 is 24.3 Å². The molecular weight excluding hydrogens is 322 g/mol. The number of aromatic amines is 1. The molecule has 3 heterocycles. The maximum Gasteiger partial charge on any atom is 0.410 e. The third-order valence-corrected chi connectivity index (χ3v) is 4.74. The second kappa shape index (κ2) is 6.76. The lowest BCUT2D eigenvalue weighted by molar-refractivity contribution is 0.0369. The molecule has 0 bridgehead atoms. The maximum absolute atomic E-state index is 12.7. The zero-order chi connectivity index (χ0) is 17.2. The van der Waals surface area contributed by atoms with Crippen LogP contribution >= 0.6 is 0 Å². The van der Waals surface area contributed by atoms with Gasteiger partial charge in [-0.15, -0.1) is 0 Å². The quantitative estimate of drug-likeness (QED) is 0.903. The number of amides is 2. The number of para-hydroxylation sites is 1. The summed E-state index contributed by atoms with van der Waals surface area (Å²) < 4.78 is 10.6. The highest BCUT2D eigenvalue weighted by Crippen LogP contribution is 2.17. The summed E-state index contributed by atoms with van der Waals surface area (Å²) >= 11 is 0. The second-order valence-corrected chi connectivity index (χ2v) is 6.42. The molecule has 1 N–H and O–H groups in total. The van der Waals surface area contributed by atoms with E-state index in [1.54, 1.807) is 9.80 Å². The number of piperazine rings is 1. The van der Waals surface area contributed by atoms with Gasteiger partial charge in [0.05, 0.1) is 13.2 Å². The third-order valence-electron chi connectivity index (χ3n) is 4.74. The lowest BCUT2D eigenvalue weighted by atomic mass is 10.2. The number of hydrogen-bond acceptors (Lipinski definition) is 4. The molecule has 25 heavy (non-hydrogen) atoms. The zero-order valence-electron chi connectivity index (χ0n) is 13.9. The molecule has 132 valence electrons. The highest BCUT2D eigenvalue weighted by molar-refractivity contribution is 5.98. The normalized spacial score (nSPS) is 20.9. The van der Waals surface area contributed by atoms with E-state index in [-0.39, 0.29) is 18.1 Å². The van der Waals surface area contributed by atoms with Crippen molar-refractivity contribution in [3.63, 3.8) is 0 Å². The average Bonchev–Trinajstić information content (AvgIpc) is 3.30. The Morgan fingerprint density at radius 3 is 2.60 bits per heavy atom. The number of H-pyrrole nitrogens is 1. The van der Waals surface area contributed by atoms with Gasteiger partial charge in [-0.25, -0.2) is 4.79 Å². The molecule has 2 amide bonds. The SMILES string of the molecule is O=C(OC1CCOC1)N1CCN(C(=O)c2cc3ccccc3[nH]2)CC1. The van der Waals surface area contributed by atoms with E-state index in [2.05, 4.69) is 4.98 Å². The van der Waals surface area contributed by atoms with Crippen LogP contribution < -0.4 is 0 Å². The lowest BCUT2D eigenvalue weighted by Crippen LogP contribution is -2.51. The Balaban J connectivity index is 1.34. The number of fused-ring (bicyclic) bond motifs is 1. The van der Waals surface area contributed by atoms with Crippen LogP contribution in [-0.4, -0.2) is 72.3 Å². The number of rotatable bonds is 2. The molecule has 0 aliphatic carbocycles. The molecule has 7 nitrogen and oxygen atoms in total. The number of ether oxygens (including phenoxy) is 2. The first-order valence-corrected chi connectivity index (χ1v) is 8.61. The Morgan fingerprint density at radius 2 is 1.88 bits per heavy atom. The molecule has 1 unspecified atom stereocenters. The summed E-state index contributed by atoms with van der Waals surface area (Å²) in [7, 11) is 0. The number of carbonyl (C=O) groups is 2. The second-order valence-electron chi connectivity index (χ2n) is 6.42. The van der Waals surface area contributed by atoms with E-state index in [4.69, 9.17) is 9.47 Å². The summed E-state index contributed by atoms with van der Waals surface area (Å²) in [6.45, 7) is 3.10. The van der Waals surface area contributed by atoms with E-state index in [1.165, 1.54) is 0 Å². The van der Waals surface area contributed by atoms with E-state index in [0.29, 0.717) is 45.1 Å². The van der Waals surface area contributed by atoms with Crippen LogP contribution in [0.5, 0.6) is 0 Å². The molecule has 0 saturated carbocycles. The van der Waals surface area contributed by atoms with Gasteiger partial charge in [-0.05, 0) is 12.1 Å². The highest BCUT2D eigenvalue weighted by atomic mass is 16.6. The van der Waals surface area contributed by atoms with E-state index in [9.17, 15) is 9.59 Å². The molecule has 0 spiro atoms. The minimum absolute atomic E-state index is 0.0339. The van der Waals surface area contributed by atoms with Crippen molar-refractivity contribution in [2.24, 2.45) is 0 Å². The molecule has 2 aliphatic rings. The minimum Gasteiger partial charge on any atom is -0.444 e. The molecule has 1 aromatic heterocycles. The van der Waals surface area contributed by atoms with E-state index < -0.39 is 0 Å². The number of carbonyl (C=O) groups excluding carboxylic acids is 2. The molecule has 1 atom stereocenters. The molecule has 2 fully saturated rings. The largest absolute Gasteiger partial charge is 0.444 e. The van der Waals surface area contributed by atoms with Crippen LogP contribution in [0.2, 0.25) is 0 Å². The van der Waals surface area contributed by atoms with Crippen LogP contribution in [0.1, 0.15) is 16.9 Å². The smallest absolute Gasteiger partial charge is 0.410 e. The van der Waals surface area contributed by atoms with Gasteiger partial charge in [0.15, 0.2) is 0 Å². The predicted molar refractivity (Wildman–Crippen MR) is 91.5 cm³/mol. The molecule has 7 heteroatoms. The summed E-state index contributed by atoms with van der Waals surface area (Å²) in [6.07, 6.45) is 0.302. The van der Waals surface area contributed by atoms with Crippen molar-refractivity contribution in [2.45, 2.75) is 12.5 Å². The topological polar surface area (TPSA) is 74.9 Å². The monoisotopic (exact) mass is 343 g/mol. The van der Waals surface area contributed by atoms with Crippen molar-refractivity contribution >= 4 is 22.9 Å². The van der Waals surface area contributed by atoms with Crippen LogP contribution in [0.25, 0.3) is 10.9 Å². The zero-order valence-corrected chi connectivity index (χ0v) is 13.9. The Kier molecular flexibility index (Phi) is 4.31. The average molecular weight is 343 g/mol. The van der Waals surface area contributed by atoms with Gasteiger partial charge in [-0.2, -0.15) is 0 Å². The molecule has 1 aromatic carbocycles. The minimum atomic E-state index is -0.312. The number of nitrogens with zero attached hydrogens (tertiary/aromatic N) is 2. The van der Waals surface area contributed by atoms with Gasteiger partial charge in [0, 0.05) is 43.5 Å². The van der Waals surface area contributed by atoms with Crippen LogP contribution in [0.3, 0.4) is 0 Å². The first kappa shape index (κ1) is 16.0. The van der Waals surface area contributed by atoms with Crippen LogP contribution in [0, 0.1) is 0 Å². The van der Waals surface area contributed by atoms with Gasteiger partial charge in [-0.3, -0.25) is 4.79 Å². The van der Waals surface area contributed by atoms with Crippen molar-refractivity contribution < 1.29 is 19.1 Å². The molecule has 0 radical (unpaired) electrons. The molecular formula is C18H21N3O4. The summed E-state index contributed by atoms with van der Waals surface area (Å²) in [5.74, 6) is -0.0339. The lowest BCUT2D eigenvalue weighted by Gasteiger charge is -2.34. The standard InChI is InChI=1S/C18H21N3O4/c22-17(16-11-13-3-1-2-4-15(13)19-16)20-6-8-21(9-7-20)18(23)25-14-5-10-24-12-14/h1-4,11,14,19H,5-10,12H2. The van der Waals surface area contributed by atoms with Gasteiger partial charge in [-0.1, -0.05) is 18.2 Å². The van der Waals surface area contributed by atoms with Crippen LogP contribution in [0.4, 0.5) is 4.79 Å². The fourth-order valence-corrected chi connectivity index (χ4v) is 3.27. The number of nitrogens with one attached hydrogen (secondary N) is 1. The Labute approximate surface area is 145 Å². The summed E-state index contributed by atoms with van der Waals surface area (Å²) in [5, 5.41) is 1.02. The number of benzene rings is 1. The Morgan fingerprint density at radius 1 is 1.12 bits per heavy atom. The number of aromatic nitrogens is 1. The molecule has 4 rings (SSSR count). The molecule has 2 aliphatic heterocycles. The summed E-state index contributed by atoms with van der Waals surface area (Å²) in [6, 6.07) is 9.69. The first-order valence-electron chi connectivity index (χ1n) is 8.61. The third kappa shape index (κ3) is 3.32. The fourth-order valence-electron chi connectivity index (χ4n) is 3.27. The maximum atomic E-state index is 12.7. The number of hydrogen-bond donors (Lipinski definition) is 1. The summed E-state index contributed by atoms with van der Waals surface area (Å²) in [4.78, 5) is 31.4. The predicted octanol–water partition coefficient (Wildman–Crippen LogP) is 1.85. The van der Waals surface area contributed by atoms with E-state index in [0.717, 1.165) is 17.3 Å². The molecule has 2 aromatic rings. The van der Waals surface area contributed by atoms with Crippen molar-refractivity contribution in [3.05, 3.63) is 36.0 Å². The van der Waals surface area contributed by atoms with E-state index >= 15 is 0 Å². The van der Waals surface area contributed by atoms with E-state index in [1.807, 2.05) is 30.3 Å². The highest BCUT2D eigenvalue weighted by Gasteiger charge is 2.28.